The lowest BCUT2D eigenvalue weighted by molar-refractivity contribution is 0.343. The molecule has 1 saturated carbocycles. The standard InChI is InChI=1S/C12H22N2/c1-3-10-6-5-7-12(10)14-11(4-2)8-9-13/h10-12,14H,3-8H2,1-2H3. The number of nitriles is 1. The maximum Gasteiger partial charge on any atom is 0.0638 e. The second-order valence-electron chi connectivity index (χ2n) is 4.34. The summed E-state index contributed by atoms with van der Waals surface area (Å²) in [6.07, 6.45) is 7.04. The monoisotopic (exact) mass is 194 g/mol. The van der Waals surface area contributed by atoms with Crippen LogP contribution in [0.1, 0.15) is 52.4 Å². The van der Waals surface area contributed by atoms with Crippen LogP contribution >= 0.6 is 0 Å². The fourth-order valence-corrected chi connectivity index (χ4v) is 2.48. The van der Waals surface area contributed by atoms with Gasteiger partial charge in [-0.2, -0.15) is 5.26 Å². The van der Waals surface area contributed by atoms with Gasteiger partial charge in [-0.3, -0.25) is 0 Å². The van der Waals surface area contributed by atoms with E-state index in [-0.39, 0.29) is 0 Å². The van der Waals surface area contributed by atoms with Gasteiger partial charge in [0, 0.05) is 12.1 Å². The molecule has 2 nitrogen and oxygen atoms in total. The molecule has 3 unspecified atom stereocenters. The van der Waals surface area contributed by atoms with E-state index in [4.69, 9.17) is 5.26 Å². The van der Waals surface area contributed by atoms with Crippen LogP contribution < -0.4 is 5.32 Å². The molecular formula is C12H22N2. The van der Waals surface area contributed by atoms with Crippen LogP contribution in [0.4, 0.5) is 0 Å². The summed E-state index contributed by atoms with van der Waals surface area (Å²) in [4.78, 5) is 0. The van der Waals surface area contributed by atoms with Gasteiger partial charge in [-0.25, -0.2) is 0 Å². The van der Waals surface area contributed by atoms with Crippen molar-refractivity contribution in [2.75, 3.05) is 0 Å². The Morgan fingerprint density at radius 2 is 2.21 bits per heavy atom. The quantitative estimate of drug-likeness (QED) is 0.730. The van der Waals surface area contributed by atoms with Gasteiger partial charge in [0.1, 0.15) is 0 Å². The van der Waals surface area contributed by atoms with Crippen LogP contribution in [0.3, 0.4) is 0 Å². The van der Waals surface area contributed by atoms with Crippen LogP contribution in [0.2, 0.25) is 0 Å². The molecule has 0 amide bonds. The zero-order valence-electron chi connectivity index (χ0n) is 9.42. The van der Waals surface area contributed by atoms with E-state index < -0.39 is 0 Å². The highest BCUT2D eigenvalue weighted by atomic mass is 15.0. The van der Waals surface area contributed by atoms with Crippen molar-refractivity contribution in [1.29, 1.82) is 5.26 Å². The Morgan fingerprint density at radius 1 is 1.43 bits per heavy atom. The van der Waals surface area contributed by atoms with E-state index in [1.54, 1.807) is 0 Å². The third kappa shape index (κ3) is 2.99. The SMILES string of the molecule is CCC(CC#N)NC1CCCC1CC. The first-order chi connectivity index (χ1) is 6.81. The van der Waals surface area contributed by atoms with Crippen molar-refractivity contribution in [3.63, 3.8) is 0 Å². The average Bonchev–Trinajstić information content (AvgIpc) is 2.64. The van der Waals surface area contributed by atoms with E-state index >= 15 is 0 Å². The molecule has 0 spiro atoms. The first-order valence-electron chi connectivity index (χ1n) is 5.94. The van der Waals surface area contributed by atoms with Crippen molar-refractivity contribution in [2.45, 2.75) is 64.5 Å². The van der Waals surface area contributed by atoms with E-state index in [1.165, 1.54) is 25.7 Å². The second kappa shape index (κ2) is 6.03. The van der Waals surface area contributed by atoms with Crippen LogP contribution in [0.25, 0.3) is 0 Å². The van der Waals surface area contributed by atoms with E-state index in [2.05, 4.69) is 25.2 Å². The van der Waals surface area contributed by atoms with Gasteiger partial charge < -0.3 is 5.32 Å². The van der Waals surface area contributed by atoms with E-state index in [9.17, 15) is 0 Å². The summed E-state index contributed by atoms with van der Waals surface area (Å²) in [6, 6.07) is 3.36. The lowest BCUT2D eigenvalue weighted by Gasteiger charge is -2.24. The van der Waals surface area contributed by atoms with E-state index in [0.29, 0.717) is 18.5 Å². The minimum absolute atomic E-state index is 0.414. The molecule has 80 valence electrons. The molecule has 0 aromatic rings. The molecule has 0 saturated heterocycles. The van der Waals surface area contributed by atoms with Crippen molar-refractivity contribution in [1.82, 2.24) is 5.32 Å². The van der Waals surface area contributed by atoms with Gasteiger partial charge in [-0.15, -0.1) is 0 Å². The molecule has 1 N–H and O–H groups in total. The predicted octanol–water partition coefficient (Wildman–Crippen LogP) is 2.85. The number of hydrogen-bond donors (Lipinski definition) is 1. The van der Waals surface area contributed by atoms with Crippen LogP contribution in [0, 0.1) is 17.2 Å². The number of hydrogen-bond acceptors (Lipinski definition) is 2. The molecule has 0 heterocycles. The largest absolute Gasteiger partial charge is 0.310 e. The molecule has 1 rings (SSSR count). The summed E-state index contributed by atoms with van der Waals surface area (Å²) < 4.78 is 0. The van der Waals surface area contributed by atoms with E-state index in [1.807, 2.05) is 0 Å². The van der Waals surface area contributed by atoms with Crippen molar-refractivity contribution in [3.05, 3.63) is 0 Å². The van der Waals surface area contributed by atoms with Crippen LogP contribution in [-0.4, -0.2) is 12.1 Å². The lowest BCUT2D eigenvalue weighted by Crippen LogP contribution is -2.39. The number of rotatable bonds is 5. The summed E-state index contributed by atoms with van der Waals surface area (Å²) in [5, 5.41) is 12.3. The number of nitrogens with one attached hydrogen (secondary N) is 1. The molecule has 14 heavy (non-hydrogen) atoms. The molecule has 1 aliphatic rings. The highest BCUT2D eigenvalue weighted by molar-refractivity contribution is 4.88. The van der Waals surface area contributed by atoms with Crippen LogP contribution in [0.5, 0.6) is 0 Å². The third-order valence-corrected chi connectivity index (χ3v) is 3.46. The van der Waals surface area contributed by atoms with Crippen molar-refractivity contribution in [2.24, 2.45) is 5.92 Å². The molecular weight excluding hydrogens is 172 g/mol. The average molecular weight is 194 g/mol. The molecule has 0 aliphatic heterocycles. The Hall–Kier alpha value is -0.550. The van der Waals surface area contributed by atoms with Crippen molar-refractivity contribution in [3.8, 4) is 6.07 Å². The number of nitrogens with zero attached hydrogens (tertiary/aromatic N) is 1. The molecule has 0 aromatic carbocycles. The molecule has 1 fully saturated rings. The van der Waals surface area contributed by atoms with Crippen LogP contribution in [0.15, 0.2) is 0 Å². The Morgan fingerprint density at radius 3 is 2.79 bits per heavy atom. The Kier molecular flexibility index (Phi) is 4.97. The minimum Gasteiger partial charge on any atom is -0.310 e. The Bertz CT molecular complexity index is 195. The Balaban J connectivity index is 2.37. The summed E-state index contributed by atoms with van der Waals surface area (Å²) in [5.74, 6) is 0.850. The molecule has 2 heteroatoms. The lowest BCUT2D eigenvalue weighted by atomic mass is 9.99. The van der Waals surface area contributed by atoms with Gasteiger partial charge in [0.15, 0.2) is 0 Å². The summed E-state index contributed by atoms with van der Waals surface area (Å²) in [5.41, 5.74) is 0. The molecule has 3 atom stereocenters. The predicted molar refractivity (Wildman–Crippen MR) is 58.9 cm³/mol. The summed E-state index contributed by atoms with van der Waals surface area (Å²) in [6.45, 7) is 4.43. The topological polar surface area (TPSA) is 35.8 Å². The van der Waals surface area contributed by atoms with E-state index in [0.717, 1.165) is 12.3 Å². The maximum atomic E-state index is 8.67. The zero-order valence-corrected chi connectivity index (χ0v) is 9.42. The summed E-state index contributed by atoms with van der Waals surface area (Å²) >= 11 is 0. The molecule has 0 bridgehead atoms. The van der Waals surface area contributed by atoms with Gasteiger partial charge in [0.2, 0.25) is 0 Å². The fourth-order valence-electron chi connectivity index (χ4n) is 2.48. The fraction of sp³-hybridized carbons (Fsp3) is 0.917. The normalized spacial score (nSPS) is 28.6. The smallest absolute Gasteiger partial charge is 0.0638 e. The molecule has 1 aliphatic carbocycles. The Labute approximate surface area is 87.7 Å². The zero-order chi connectivity index (χ0) is 10.4. The van der Waals surface area contributed by atoms with Gasteiger partial charge in [0.05, 0.1) is 12.5 Å². The van der Waals surface area contributed by atoms with Gasteiger partial charge >= 0.3 is 0 Å². The first kappa shape index (κ1) is 11.5. The first-order valence-corrected chi connectivity index (χ1v) is 5.94. The summed E-state index contributed by atoms with van der Waals surface area (Å²) in [7, 11) is 0. The van der Waals surface area contributed by atoms with Crippen LogP contribution in [-0.2, 0) is 0 Å². The van der Waals surface area contributed by atoms with Crippen molar-refractivity contribution < 1.29 is 0 Å². The van der Waals surface area contributed by atoms with Gasteiger partial charge in [-0.1, -0.05) is 26.7 Å². The van der Waals surface area contributed by atoms with Gasteiger partial charge in [-0.05, 0) is 25.2 Å². The third-order valence-electron chi connectivity index (χ3n) is 3.46. The second-order valence-corrected chi connectivity index (χ2v) is 4.34. The highest BCUT2D eigenvalue weighted by Crippen LogP contribution is 2.28. The highest BCUT2D eigenvalue weighted by Gasteiger charge is 2.26. The maximum absolute atomic E-state index is 8.67. The van der Waals surface area contributed by atoms with Gasteiger partial charge in [0.25, 0.3) is 0 Å². The minimum atomic E-state index is 0.414. The van der Waals surface area contributed by atoms with Crippen molar-refractivity contribution >= 4 is 0 Å². The molecule has 0 aromatic heterocycles. The molecule has 0 radical (unpaired) electrons.